The van der Waals surface area contributed by atoms with E-state index in [2.05, 4.69) is 70.4 Å². The number of carbonyl (C=O) groups excluding carboxylic acids is 1. The second kappa shape index (κ2) is 5.94. The van der Waals surface area contributed by atoms with E-state index in [1.807, 2.05) is 17.0 Å². The number of hydrogen-bond acceptors (Lipinski definition) is 2. The molecule has 3 heterocycles. The fourth-order valence-corrected chi connectivity index (χ4v) is 5.03. The molecule has 0 unspecified atom stereocenters. The summed E-state index contributed by atoms with van der Waals surface area (Å²) in [4.78, 5) is 19.4. The smallest absolute Gasteiger partial charge is 0.258 e. The van der Waals surface area contributed by atoms with E-state index in [-0.39, 0.29) is 5.91 Å². The number of rotatable bonds is 2. The molecule has 2 N–H and O–H groups in total. The monoisotopic (exact) mass is 423 g/mol. The number of carbonyl (C=O) groups is 1. The average molecular weight is 424 g/mol. The minimum absolute atomic E-state index is 0.122. The SMILES string of the molecule is CC(C)CN1C(=O)[C@]2(NCCc3c2[nH]c2ccccc32)c2cc(Br)ccc21. The number of amides is 1. The molecule has 0 aliphatic carbocycles. The molecule has 1 aromatic heterocycles. The van der Waals surface area contributed by atoms with Gasteiger partial charge in [0.15, 0.2) is 5.54 Å². The van der Waals surface area contributed by atoms with E-state index >= 15 is 0 Å². The van der Waals surface area contributed by atoms with Crippen LogP contribution in [-0.4, -0.2) is 24.0 Å². The van der Waals surface area contributed by atoms with Crippen molar-refractivity contribution in [1.82, 2.24) is 10.3 Å². The second-order valence-corrected chi connectivity index (χ2v) is 8.84. The van der Waals surface area contributed by atoms with Crippen LogP contribution in [0.4, 0.5) is 5.69 Å². The van der Waals surface area contributed by atoms with Gasteiger partial charge in [-0.1, -0.05) is 48.0 Å². The molecule has 2 aliphatic rings. The zero-order valence-electron chi connectivity index (χ0n) is 15.5. The zero-order chi connectivity index (χ0) is 18.8. The van der Waals surface area contributed by atoms with Crippen LogP contribution in [0.1, 0.15) is 30.7 Å². The first-order valence-corrected chi connectivity index (χ1v) is 10.3. The largest absolute Gasteiger partial charge is 0.356 e. The molecule has 3 aromatic rings. The average Bonchev–Trinajstić information content (AvgIpc) is 3.13. The maximum atomic E-state index is 13.9. The van der Waals surface area contributed by atoms with Gasteiger partial charge in [-0.25, -0.2) is 0 Å². The molecule has 27 heavy (non-hydrogen) atoms. The van der Waals surface area contributed by atoms with Gasteiger partial charge in [-0.05, 0) is 42.2 Å². The third-order valence-electron chi connectivity index (χ3n) is 5.72. The third-order valence-corrected chi connectivity index (χ3v) is 6.21. The quantitative estimate of drug-likeness (QED) is 0.644. The lowest BCUT2D eigenvalue weighted by Crippen LogP contribution is -2.55. The third kappa shape index (κ3) is 2.28. The van der Waals surface area contributed by atoms with Gasteiger partial charge in [-0.15, -0.1) is 0 Å². The van der Waals surface area contributed by atoms with Gasteiger partial charge >= 0.3 is 0 Å². The Bertz CT molecular complexity index is 1070. The number of H-pyrrole nitrogens is 1. The summed E-state index contributed by atoms with van der Waals surface area (Å²) in [6.07, 6.45) is 0.919. The zero-order valence-corrected chi connectivity index (χ0v) is 17.1. The number of halogens is 1. The van der Waals surface area contributed by atoms with Crippen LogP contribution in [-0.2, 0) is 16.8 Å². The summed E-state index contributed by atoms with van der Waals surface area (Å²) in [5.74, 6) is 0.517. The molecule has 0 saturated carbocycles. The highest BCUT2D eigenvalue weighted by molar-refractivity contribution is 9.10. The predicted molar refractivity (Wildman–Crippen MR) is 112 cm³/mol. The summed E-state index contributed by atoms with van der Waals surface area (Å²) in [5, 5.41) is 4.83. The van der Waals surface area contributed by atoms with E-state index in [4.69, 9.17) is 0 Å². The molecule has 4 nitrogen and oxygen atoms in total. The number of nitrogens with zero attached hydrogens (tertiary/aromatic N) is 1. The summed E-state index contributed by atoms with van der Waals surface area (Å²) in [7, 11) is 0. The Balaban J connectivity index is 1.81. The molecule has 0 fully saturated rings. The normalized spacial score (nSPS) is 21.3. The number of benzene rings is 2. The van der Waals surface area contributed by atoms with Crippen molar-refractivity contribution in [3.63, 3.8) is 0 Å². The molecule has 1 amide bonds. The van der Waals surface area contributed by atoms with E-state index < -0.39 is 5.54 Å². The maximum absolute atomic E-state index is 13.9. The number of aromatic amines is 1. The number of anilines is 1. The summed E-state index contributed by atoms with van der Waals surface area (Å²) >= 11 is 3.61. The first-order chi connectivity index (χ1) is 13.0. The van der Waals surface area contributed by atoms with E-state index in [9.17, 15) is 4.79 Å². The van der Waals surface area contributed by atoms with Crippen molar-refractivity contribution in [2.24, 2.45) is 5.92 Å². The molecule has 2 aliphatic heterocycles. The Hall–Kier alpha value is -2.11. The van der Waals surface area contributed by atoms with E-state index in [1.54, 1.807) is 0 Å². The highest BCUT2D eigenvalue weighted by Crippen LogP contribution is 2.48. The van der Waals surface area contributed by atoms with Crippen LogP contribution in [0.3, 0.4) is 0 Å². The van der Waals surface area contributed by atoms with Crippen LogP contribution in [0.25, 0.3) is 10.9 Å². The Morgan fingerprint density at radius 1 is 1.22 bits per heavy atom. The number of aromatic nitrogens is 1. The predicted octanol–water partition coefficient (Wildman–Crippen LogP) is 4.32. The number of nitrogens with one attached hydrogen (secondary N) is 2. The van der Waals surface area contributed by atoms with Crippen molar-refractivity contribution in [2.75, 3.05) is 18.0 Å². The van der Waals surface area contributed by atoms with Crippen molar-refractivity contribution in [3.8, 4) is 0 Å². The molecule has 0 bridgehead atoms. The Labute approximate surface area is 167 Å². The highest BCUT2D eigenvalue weighted by atomic mass is 79.9. The molecule has 1 atom stereocenters. The number of para-hydroxylation sites is 1. The van der Waals surface area contributed by atoms with Gasteiger partial charge in [-0.3, -0.25) is 10.1 Å². The highest BCUT2D eigenvalue weighted by Gasteiger charge is 2.55. The fourth-order valence-electron chi connectivity index (χ4n) is 4.67. The van der Waals surface area contributed by atoms with Gasteiger partial charge < -0.3 is 9.88 Å². The lowest BCUT2D eigenvalue weighted by atomic mass is 9.82. The van der Waals surface area contributed by atoms with Crippen LogP contribution in [0.15, 0.2) is 46.9 Å². The Kier molecular flexibility index (Phi) is 3.75. The summed E-state index contributed by atoms with van der Waals surface area (Å²) < 4.78 is 0.991. The fraction of sp³-hybridized carbons (Fsp3) is 0.318. The van der Waals surface area contributed by atoms with Crippen molar-refractivity contribution < 1.29 is 4.79 Å². The van der Waals surface area contributed by atoms with Gasteiger partial charge in [0.1, 0.15) is 0 Å². The van der Waals surface area contributed by atoms with Crippen molar-refractivity contribution in [2.45, 2.75) is 25.8 Å². The molecule has 1 spiro atoms. The van der Waals surface area contributed by atoms with Crippen molar-refractivity contribution >= 4 is 38.4 Å². The molecule has 5 rings (SSSR count). The number of hydrogen-bond donors (Lipinski definition) is 2. The molecule has 0 saturated heterocycles. The van der Waals surface area contributed by atoms with Gasteiger partial charge in [0, 0.05) is 39.7 Å². The molecular formula is C22H22BrN3O. The summed E-state index contributed by atoms with van der Waals surface area (Å²) in [5.41, 5.74) is 4.57. The molecule has 0 radical (unpaired) electrons. The van der Waals surface area contributed by atoms with Crippen LogP contribution < -0.4 is 10.2 Å². The van der Waals surface area contributed by atoms with Gasteiger partial charge in [0.25, 0.3) is 5.91 Å². The first kappa shape index (κ1) is 17.0. The van der Waals surface area contributed by atoms with Crippen LogP contribution >= 0.6 is 15.9 Å². The van der Waals surface area contributed by atoms with Crippen molar-refractivity contribution in [1.29, 1.82) is 0 Å². The molecule has 2 aromatic carbocycles. The second-order valence-electron chi connectivity index (χ2n) is 7.92. The van der Waals surface area contributed by atoms with Crippen LogP contribution in [0.2, 0.25) is 0 Å². The topological polar surface area (TPSA) is 48.1 Å². The minimum Gasteiger partial charge on any atom is -0.356 e. The van der Waals surface area contributed by atoms with Crippen molar-refractivity contribution in [3.05, 3.63) is 63.8 Å². The summed E-state index contributed by atoms with van der Waals surface area (Å²) in [6.45, 7) is 5.80. The maximum Gasteiger partial charge on any atom is 0.258 e. The molecular weight excluding hydrogens is 402 g/mol. The summed E-state index contributed by atoms with van der Waals surface area (Å²) in [6, 6.07) is 14.5. The van der Waals surface area contributed by atoms with E-state index in [0.29, 0.717) is 12.5 Å². The van der Waals surface area contributed by atoms with Gasteiger partial charge in [0.05, 0.1) is 5.69 Å². The van der Waals surface area contributed by atoms with E-state index in [1.165, 1.54) is 10.9 Å². The van der Waals surface area contributed by atoms with Crippen LogP contribution in [0, 0.1) is 5.92 Å². The molecule has 138 valence electrons. The Morgan fingerprint density at radius 2 is 2.04 bits per heavy atom. The van der Waals surface area contributed by atoms with E-state index in [0.717, 1.165) is 39.9 Å². The lowest BCUT2D eigenvalue weighted by molar-refractivity contribution is -0.123. The first-order valence-electron chi connectivity index (χ1n) is 9.49. The lowest BCUT2D eigenvalue weighted by Gasteiger charge is -2.34. The minimum atomic E-state index is -0.833. The molecule has 5 heteroatoms. The Morgan fingerprint density at radius 3 is 2.85 bits per heavy atom. The number of fused-ring (bicyclic) bond motifs is 6. The standard InChI is InChI=1S/C22H22BrN3O/c1-13(2)12-26-19-8-7-14(23)11-17(19)22(21(26)27)20-16(9-10-24-22)15-5-3-4-6-18(15)25-20/h3-8,11,13,24-25H,9-10,12H2,1-2H3/t22-/m0/s1. The van der Waals surface area contributed by atoms with Crippen LogP contribution in [0.5, 0.6) is 0 Å². The van der Waals surface area contributed by atoms with Gasteiger partial charge in [-0.2, -0.15) is 0 Å². The van der Waals surface area contributed by atoms with Gasteiger partial charge in [0.2, 0.25) is 0 Å².